The van der Waals surface area contributed by atoms with Crippen molar-refractivity contribution >= 4 is 22.8 Å². The largest absolute Gasteiger partial charge is 0.381 e. The summed E-state index contributed by atoms with van der Waals surface area (Å²) in [7, 11) is 0. The highest BCUT2D eigenvalue weighted by atomic mass is 16.5. The van der Waals surface area contributed by atoms with E-state index in [-0.39, 0.29) is 0 Å². The van der Waals surface area contributed by atoms with Gasteiger partial charge in [0, 0.05) is 42.3 Å². The van der Waals surface area contributed by atoms with Crippen LogP contribution >= 0.6 is 0 Å². The van der Waals surface area contributed by atoms with Crippen LogP contribution in [0.25, 0.3) is 10.9 Å². The predicted molar refractivity (Wildman–Crippen MR) is 96.3 cm³/mol. The Balaban J connectivity index is 1.66. The minimum Gasteiger partial charge on any atom is -0.381 e. The maximum absolute atomic E-state index is 5.57. The molecule has 0 saturated carbocycles. The van der Waals surface area contributed by atoms with Gasteiger partial charge in [0.2, 0.25) is 12.4 Å². The Labute approximate surface area is 141 Å². The Kier molecular flexibility index (Phi) is 3.27. The first-order valence-corrected chi connectivity index (χ1v) is 8.76. The van der Waals surface area contributed by atoms with Crippen molar-refractivity contribution in [1.82, 2.24) is 4.57 Å². The first-order valence-electron chi connectivity index (χ1n) is 8.76. The van der Waals surface area contributed by atoms with Crippen LogP contribution in [-0.2, 0) is 11.4 Å². The van der Waals surface area contributed by atoms with Gasteiger partial charge in [-0.25, -0.2) is 0 Å². The zero-order chi connectivity index (χ0) is 15.9. The molecule has 0 atom stereocenters. The van der Waals surface area contributed by atoms with Crippen molar-refractivity contribution in [1.29, 1.82) is 0 Å². The van der Waals surface area contributed by atoms with Crippen LogP contribution < -0.4 is 0 Å². The van der Waals surface area contributed by atoms with E-state index in [2.05, 4.69) is 70.0 Å². The van der Waals surface area contributed by atoms with E-state index in [1.54, 1.807) is 0 Å². The van der Waals surface area contributed by atoms with Gasteiger partial charge in [0.25, 0.3) is 0 Å². The van der Waals surface area contributed by atoms with Crippen LogP contribution in [0, 0.1) is 0 Å². The first kappa shape index (κ1) is 14.0. The molecule has 3 heterocycles. The van der Waals surface area contributed by atoms with E-state index < -0.39 is 0 Å². The van der Waals surface area contributed by atoms with Crippen LogP contribution in [0.15, 0.2) is 54.6 Å². The number of rotatable bonds is 2. The van der Waals surface area contributed by atoms with E-state index >= 15 is 0 Å². The summed E-state index contributed by atoms with van der Waals surface area (Å²) < 4.78 is 10.4. The molecule has 0 N–H and O–H groups in total. The smallest absolute Gasteiger partial charge is 0.228 e. The van der Waals surface area contributed by atoms with Crippen LogP contribution in [0.2, 0.25) is 0 Å². The Morgan fingerprint density at radius 1 is 0.958 bits per heavy atom. The number of ether oxygens (including phenoxy) is 1. The first-order chi connectivity index (χ1) is 11.9. The summed E-state index contributed by atoms with van der Waals surface area (Å²) in [6.07, 6.45) is 4.53. The summed E-state index contributed by atoms with van der Waals surface area (Å²) in [6, 6.07) is 19.7. The fraction of sp³-hybridized carbons (Fsp3) is 0.286. The monoisotopic (exact) mass is 317 g/mol. The lowest BCUT2D eigenvalue weighted by Gasteiger charge is -2.24. The minimum atomic E-state index is 0.606. The molecule has 24 heavy (non-hydrogen) atoms. The van der Waals surface area contributed by atoms with Crippen LogP contribution in [-0.4, -0.2) is 28.6 Å². The molecule has 1 aromatic heterocycles. The van der Waals surface area contributed by atoms with Crippen molar-refractivity contribution in [2.45, 2.75) is 25.4 Å². The Morgan fingerprint density at radius 2 is 1.79 bits per heavy atom. The van der Waals surface area contributed by atoms with Gasteiger partial charge in [0.05, 0.1) is 11.1 Å². The second kappa shape index (κ2) is 5.60. The molecule has 0 amide bonds. The summed E-state index contributed by atoms with van der Waals surface area (Å²) in [6.45, 7) is 2.65. The van der Waals surface area contributed by atoms with Gasteiger partial charge in [0.15, 0.2) is 6.21 Å². The summed E-state index contributed by atoms with van der Waals surface area (Å²) in [4.78, 5) is 0. The van der Waals surface area contributed by atoms with E-state index in [0.717, 1.165) is 32.7 Å². The Hall–Kier alpha value is -2.39. The fourth-order valence-corrected chi connectivity index (χ4v) is 4.10. The van der Waals surface area contributed by atoms with E-state index in [1.165, 1.54) is 27.8 Å². The normalized spacial score (nSPS) is 17.9. The third-order valence-corrected chi connectivity index (χ3v) is 5.30. The molecule has 120 valence electrons. The van der Waals surface area contributed by atoms with Crippen LogP contribution in [0.3, 0.4) is 0 Å². The molecule has 1 saturated heterocycles. The topological polar surface area (TPSA) is 17.2 Å². The van der Waals surface area contributed by atoms with E-state index in [4.69, 9.17) is 4.74 Å². The number of nitrogens with zero attached hydrogens (tertiary/aromatic N) is 2. The molecule has 1 fully saturated rings. The van der Waals surface area contributed by atoms with Gasteiger partial charge in [-0.2, -0.15) is 4.58 Å². The van der Waals surface area contributed by atoms with E-state index in [1.807, 2.05) is 0 Å². The van der Waals surface area contributed by atoms with Crippen molar-refractivity contribution in [2.24, 2.45) is 0 Å². The van der Waals surface area contributed by atoms with Crippen molar-refractivity contribution in [3.05, 3.63) is 65.9 Å². The summed E-state index contributed by atoms with van der Waals surface area (Å²) >= 11 is 0. The van der Waals surface area contributed by atoms with Crippen molar-refractivity contribution in [3.8, 4) is 0 Å². The molecule has 0 bridgehead atoms. The van der Waals surface area contributed by atoms with Gasteiger partial charge in [-0.05, 0) is 25.0 Å². The van der Waals surface area contributed by atoms with Crippen molar-refractivity contribution in [2.75, 3.05) is 13.2 Å². The zero-order valence-corrected chi connectivity index (χ0v) is 13.7. The highest BCUT2D eigenvalue weighted by molar-refractivity contribution is 5.98. The van der Waals surface area contributed by atoms with Gasteiger partial charge in [-0.3, -0.25) is 4.57 Å². The van der Waals surface area contributed by atoms with Gasteiger partial charge < -0.3 is 4.74 Å². The summed E-state index contributed by atoms with van der Waals surface area (Å²) in [5.41, 5.74) is 5.40. The number of aromatic nitrogens is 1. The SMILES string of the molecule is C1=[N+](c2ccccc2)Cn2c(C3CCOCC3)cc3cccc1c32. The molecule has 2 aliphatic heterocycles. The third-order valence-electron chi connectivity index (χ3n) is 5.30. The zero-order valence-electron chi connectivity index (χ0n) is 13.7. The van der Waals surface area contributed by atoms with Crippen molar-refractivity contribution < 1.29 is 9.31 Å². The molecule has 0 aliphatic carbocycles. The second-order valence-corrected chi connectivity index (χ2v) is 6.74. The number of benzene rings is 2. The molecule has 2 aromatic carbocycles. The number of para-hydroxylation sites is 2. The third kappa shape index (κ3) is 2.20. The lowest BCUT2D eigenvalue weighted by Crippen LogP contribution is -2.23. The molecule has 5 rings (SSSR count). The molecule has 0 unspecified atom stereocenters. The highest BCUT2D eigenvalue weighted by Crippen LogP contribution is 2.34. The van der Waals surface area contributed by atoms with Gasteiger partial charge >= 0.3 is 0 Å². The average Bonchev–Trinajstić information content (AvgIpc) is 3.03. The molecule has 3 aromatic rings. The second-order valence-electron chi connectivity index (χ2n) is 6.74. The molecular weight excluding hydrogens is 296 g/mol. The number of hydrogen-bond donors (Lipinski definition) is 0. The van der Waals surface area contributed by atoms with Gasteiger partial charge in [-0.1, -0.05) is 30.3 Å². The lowest BCUT2D eigenvalue weighted by molar-refractivity contribution is -0.472. The maximum atomic E-state index is 5.57. The number of hydrogen-bond acceptors (Lipinski definition) is 1. The molecule has 0 radical (unpaired) electrons. The molecule has 3 nitrogen and oxygen atoms in total. The lowest BCUT2D eigenvalue weighted by atomic mass is 9.96. The predicted octanol–water partition coefficient (Wildman–Crippen LogP) is 4.27. The molecule has 3 heteroatoms. The van der Waals surface area contributed by atoms with Crippen LogP contribution in [0.5, 0.6) is 0 Å². The van der Waals surface area contributed by atoms with E-state index in [0.29, 0.717) is 5.92 Å². The van der Waals surface area contributed by atoms with Crippen molar-refractivity contribution in [3.63, 3.8) is 0 Å². The van der Waals surface area contributed by atoms with Gasteiger partial charge in [-0.15, -0.1) is 0 Å². The molecule has 2 aliphatic rings. The fourth-order valence-electron chi connectivity index (χ4n) is 4.10. The molecule has 0 spiro atoms. The highest BCUT2D eigenvalue weighted by Gasteiger charge is 2.27. The standard InChI is InChI=1S/C21H21N2O/c1-2-7-19(8-3-1)22-14-18-6-4-5-17-13-20(23(15-22)21(17)18)16-9-11-24-12-10-16/h1-8,13-14,16H,9-12,15H2/q+1. The van der Waals surface area contributed by atoms with Crippen LogP contribution in [0.1, 0.15) is 30.0 Å². The van der Waals surface area contributed by atoms with E-state index in [9.17, 15) is 0 Å². The quantitative estimate of drug-likeness (QED) is 0.645. The molecular formula is C21H21N2O+. The Bertz CT molecular complexity index is 918. The minimum absolute atomic E-state index is 0.606. The summed E-state index contributed by atoms with van der Waals surface area (Å²) in [5.74, 6) is 0.606. The Morgan fingerprint density at radius 3 is 2.62 bits per heavy atom. The average molecular weight is 317 g/mol. The maximum Gasteiger partial charge on any atom is 0.228 e. The van der Waals surface area contributed by atoms with Gasteiger partial charge in [0.1, 0.15) is 0 Å². The van der Waals surface area contributed by atoms with Crippen LogP contribution in [0.4, 0.5) is 5.69 Å². The summed E-state index contributed by atoms with van der Waals surface area (Å²) in [5, 5.41) is 1.36.